The Labute approximate surface area is 183 Å². The van der Waals surface area contributed by atoms with Crippen LogP contribution < -0.4 is 5.32 Å². The van der Waals surface area contributed by atoms with Gasteiger partial charge in [-0.2, -0.15) is 5.10 Å². The molecular weight excluding hydrogens is 386 g/mol. The van der Waals surface area contributed by atoms with Gasteiger partial charge in [0.2, 0.25) is 0 Å². The fraction of sp³-hybridized carbons (Fsp3) is 0.360. The van der Waals surface area contributed by atoms with Crippen LogP contribution in [0.25, 0.3) is 17.2 Å². The maximum Gasteiger partial charge on any atom is 0.252 e. The molecule has 0 bridgehead atoms. The maximum absolute atomic E-state index is 13.5. The van der Waals surface area contributed by atoms with Crippen molar-refractivity contribution in [2.75, 3.05) is 39.8 Å². The minimum absolute atomic E-state index is 0.00188. The van der Waals surface area contributed by atoms with E-state index in [9.17, 15) is 4.79 Å². The molecule has 6 nitrogen and oxygen atoms in total. The summed E-state index contributed by atoms with van der Waals surface area (Å²) in [6.07, 6.45) is 7.85. The molecule has 31 heavy (non-hydrogen) atoms. The van der Waals surface area contributed by atoms with E-state index in [1.807, 2.05) is 30.5 Å². The van der Waals surface area contributed by atoms with Gasteiger partial charge >= 0.3 is 0 Å². The van der Waals surface area contributed by atoms with Crippen molar-refractivity contribution in [3.8, 4) is 11.1 Å². The van der Waals surface area contributed by atoms with Crippen molar-refractivity contribution in [2.24, 2.45) is 0 Å². The number of H-pyrrole nitrogens is 1. The quantitative estimate of drug-likeness (QED) is 0.672. The molecule has 0 spiro atoms. The summed E-state index contributed by atoms with van der Waals surface area (Å²) in [7, 11) is 2.16. The summed E-state index contributed by atoms with van der Waals surface area (Å²) in [6.45, 7) is 5.00. The molecule has 1 atom stereocenters. The summed E-state index contributed by atoms with van der Waals surface area (Å²) >= 11 is 0. The SMILES string of the molecule is CN1CCN(C[C@@H](NC(=O)c2cc3c[nH]nc4c-3c2CCC=C4)c2ccccc2)CC1. The Balaban J connectivity index is 1.43. The zero-order valence-electron chi connectivity index (χ0n) is 18.0. The van der Waals surface area contributed by atoms with Crippen LogP contribution >= 0.6 is 0 Å². The molecule has 1 saturated heterocycles. The summed E-state index contributed by atoms with van der Waals surface area (Å²) < 4.78 is 0. The number of nitrogens with one attached hydrogen (secondary N) is 2. The normalized spacial score (nSPS) is 18.1. The molecule has 2 heterocycles. The van der Waals surface area contributed by atoms with Crippen LogP contribution in [0.15, 0.2) is 48.7 Å². The first-order valence-electron chi connectivity index (χ1n) is 11.1. The Morgan fingerprint density at radius 1 is 1.19 bits per heavy atom. The Morgan fingerprint density at radius 2 is 2.00 bits per heavy atom. The highest BCUT2D eigenvalue weighted by molar-refractivity contribution is 6.01. The smallest absolute Gasteiger partial charge is 0.252 e. The van der Waals surface area contributed by atoms with Gasteiger partial charge in [-0.3, -0.25) is 14.8 Å². The number of nitrogens with zero attached hydrogens (tertiary/aromatic N) is 3. The number of aromatic amines is 1. The molecule has 1 aromatic rings. The molecule has 0 radical (unpaired) electrons. The molecule has 1 aromatic carbocycles. The number of benzene rings is 1. The predicted molar refractivity (Wildman–Crippen MR) is 123 cm³/mol. The number of carbonyl (C=O) groups excluding carboxylic acids is 1. The maximum atomic E-state index is 13.5. The Hall–Kier alpha value is -2.96. The Kier molecular flexibility index (Phi) is 5.57. The molecule has 2 aliphatic heterocycles. The molecule has 2 N–H and O–H groups in total. The predicted octanol–water partition coefficient (Wildman–Crippen LogP) is 3.19. The number of hydrogen-bond acceptors (Lipinski definition) is 4. The van der Waals surface area contributed by atoms with E-state index < -0.39 is 0 Å². The number of allylic oxidation sites excluding steroid dienone is 1. The van der Waals surface area contributed by atoms with E-state index >= 15 is 0 Å². The second kappa shape index (κ2) is 8.65. The molecule has 1 amide bonds. The minimum atomic E-state index is -0.0459. The summed E-state index contributed by atoms with van der Waals surface area (Å²) in [5.74, 6) is 0.00188. The van der Waals surface area contributed by atoms with Gasteiger partial charge in [0.15, 0.2) is 0 Å². The largest absolute Gasteiger partial charge is 0.344 e. The fourth-order valence-electron chi connectivity index (χ4n) is 4.72. The number of aromatic nitrogens is 2. The highest BCUT2D eigenvalue weighted by atomic mass is 16.1. The van der Waals surface area contributed by atoms with Crippen molar-refractivity contribution in [2.45, 2.75) is 18.9 Å². The van der Waals surface area contributed by atoms with E-state index in [2.05, 4.69) is 56.6 Å². The van der Waals surface area contributed by atoms with Gasteiger partial charge in [0.05, 0.1) is 11.7 Å². The van der Waals surface area contributed by atoms with Crippen LogP contribution in [-0.4, -0.2) is 65.7 Å². The number of carbonyl (C=O) groups is 1. The molecule has 160 valence electrons. The molecule has 1 fully saturated rings. The Bertz CT molecular complexity index is 1050. The van der Waals surface area contributed by atoms with Crippen molar-refractivity contribution in [3.05, 3.63) is 71.1 Å². The zero-order valence-corrected chi connectivity index (χ0v) is 18.0. The van der Waals surface area contributed by atoms with Crippen LogP contribution in [0.1, 0.15) is 39.6 Å². The van der Waals surface area contributed by atoms with Crippen LogP contribution in [0.5, 0.6) is 0 Å². The van der Waals surface area contributed by atoms with E-state index in [-0.39, 0.29) is 11.9 Å². The molecule has 4 aliphatic rings. The lowest BCUT2D eigenvalue weighted by Crippen LogP contribution is -2.47. The van der Waals surface area contributed by atoms with Crippen molar-refractivity contribution in [1.29, 1.82) is 0 Å². The summed E-state index contributed by atoms with van der Waals surface area (Å²) in [5.41, 5.74) is 6.11. The van der Waals surface area contributed by atoms with Gasteiger partial charge in [-0.05, 0) is 43.2 Å². The molecule has 0 unspecified atom stereocenters. The number of piperazine rings is 1. The first kappa shape index (κ1) is 20.0. The van der Waals surface area contributed by atoms with E-state index in [0.717, 1.165) is 79.1 Å². The molecular formula is C25H29N5O. The average molecular weight is 416 g/mol. The number of rotatable bonds is 5. The topological polar surface area (TPSA) is 64.3 Å². The van der Waals surface area contributed by atoms with Gasteiger partial charge in [-0.1, -0.05) is 36.4 Å². The van der Waals surface area contributed by atoms with Crippen molar-refractivity contribution in [1.82, 2.24) is 25.3 Å². The first-order chi connectivity index (χ1) is 15.2. The number of hydrogen-bond donors (Lipinski definition) is 2. The lowest BCUT2D eigenvalue weighted by Gasteiger charge is -2.35. The van der Waals surface area contributed by atoms with Crippen LogP contribution in [0.2, 0.25) is 0 Å². The summed E-state index contributed by atoms with van der Waals surface area (Å²) in [5, 5.41) is 10.7. The highest BCUT2D eigenvalue weighted by Crippen LogP contribution is 2.36. The average Bonchev–Trinajstić information content (AvgIpc) is 3.03. The lowest BCUT2D eigenvalue weighted by atomic mass is 10.0. The lowest BCUT2D eigenvalue weighted by molar-refractivity contribution is 0.0907. The van der Waals surface area contributed by atoms with Crippen molar-refractivity contribution in [3.63, 3.8) is 0 Å². The molecule has 0 aromatic heterocycles. The van der Waals surface area contributed by atoms with Gasteiger partial charge in [-0.15, -0.1) is 0 Å². The Morgan fingerprint density at radius 3 is 2.81 bits per heavy atom. The second-order valence-corrected chi connectivity index (χ2v) is 8.62. The minimum Gasteiger partial charge on any atom is -0.344 e. The first-order valence-corrected chi connectivity index (χ1v) is 11.1. The van der Waals surface area contributed by atoms with Gasteiger partial charge in [-0.25, -0.2) is 0 Å². The summed E-state index contributed by atoms with van der Waals surface area (Å²) in [6, 6.07) is 12.3. The highest BCUT2D eigenvalue weighted by Gasteiger charge is 2.27. The van der Waals surface area contributed by atoms with E-state index in [1.165, 1.54) is 0 Å². The second-order valence-electron chi connectivity index (χ2n) is 8.62. The van der Waals surface area contributed by atoms with E-state index in [4.69, 9.17) is 0 Å². The van der Waals surface area contributed by atoms with Crippen molar-refractivity contribution < 1.29 is 4.79 Å². The van der Waals surface area contributed by atoms with Crippen molar-refractivity contribution >= 4 is 12.0 Å². The third kappa shape index (κ3) is 4.13. The molecule has 2 aliphatic carbocycles. The van der Waals surface area contributed by atoms with Gasteiger partial charge in [0.25, 0.3) is 5.91 Å². The third-order valence-corrected chi connectivity index (χ3v) is 6.50. The molecule has 5 rings (SSSR count). The van der Waals surface area contributed by atoms with Gasteiger partial charge < -0.3 is 10.2 Å². The van der Waals surface area contributed by atoms with E-state index in [1.54, 1.807) is 0 Å². The fourth-order valence-corrected chi connectivity index (χ4v) is 4.72. The van der Waals surface area contributed by atoms with E-state index in [0.29, 0.717) is 0 Å². The van der Waals surface area contributed by atoms with Crippen LogP contribution in [0.4, 0.5) is 0 Å². The zero-order chi connectivity index (χ0) is 21.2. The molecule has 6 heteroatoms. The van der Waals surface area contributed by atoms with Crippen LogP contribution in [0, 0.1) is 0 Å². The number of likely N-dealkylation sites (N-methyl/N-ethyl adjacent to an activating group) is 1. The molecule has 0 saturated carbocycles. The monoisotopic (exact) mass is 415 g/mol. The number of amides is 1. The van der Waals surface area contributed by atoms with Crippen LogP contribution in [-0.2, 0) is 6.42 Å². The standard InChI is InChI=1S/C25H29N5O/c1-29-11-13-30(14-12-29)17-23(18-7-3-2-4-8-18)27-25(31)21-15-19-16-26-28-22-10-6-5-9-20(21)24(19)22/h2-4,6-8,10,15-16,23,26H,5,9,11-14,17H2,1H3,(H,27,31)/t23-/m1/s1. The summed E-state index contributed by atoms with van der Waals surface area (Å²) in [4.78, 5) is 18.3. The third-order valence-electron chi connectivity index (χ3n) is 6.50. The van der Waals surface area contributed by atoms with Gasteiger partial charge in [0, 0.05) is 55.6 Å². The van der Waals surface area contributed by atoms with Crippen LogP contribution in [0.3, 0.4) is 0 Å². The van der Waals surface area contributed by atoms with Gasteiger partial charge in [0.1, 0.15) is 0 Å².